The van der Waals surface area contributed by atoms with Crippen molar-refractivity contribution in [1.29, 1.82) is 0 Å². The van der Waals surface area contributed by atoms with Gasteiger partial charge in [-0.3, -0.25) is 5.32 Å². The molecule has 2 N–H and O–H groups in total. The monoisotopic (exact) mass is 306 g/mol. The number of thiophene rings is 1. The Labute approximate surface area is 124 Å². The largest absolute Gasteiger partial charge is 0.468 e. The second-order valence-electron chi connectivity index (χ2n) is 4.29. The molecule has 0 aromatic carbocycles. The van der Waals surface area contributed by atoms with Crippen molar-refractivity contribution in [2.45, 2.75) is 12.6 Å². The fraction of sp³-hybridized carbons (Fsp3) is 0.214. The predicted molar refractivity (Wildman–Crippen MR) is 80.8 cm³/mol. The molecule has 0 radical (unpaired) electrons. The summed E-state index contributed by atoms with van der Waals surface area (Å²) in [6.45, 7) is 0.599. The zero-order valence-corrected chi connectivity index (χ0v) is 12.3. The lowest BCUT2D eigenvalue weighted by Crippen LogP contribution is -2.23. The van der Waals surface area contributed by atoms with E-state index in [4.69, 9.17) is 4.42 Å². The molecule has 0 aliphatic carbocycles. The summed E-state index contributed by atoms with van der Waals surface area (Å²) in [5, 5.41) is 19.9. The number of nitrogens with zero attached hydrogens (tertiary/aromatic N) is 1. The lowest BCUT2D eigenvalue weighted by Gasteiger charge is -2.12. The number of hydrogen-bond donors (Lipinski definition) is 2. The number of rotatable bonds is 6. The van der Waals surface area contributed by atoms with Crippen molar-refractivity contribution in [3.05, 3.63) is 52.1 Å². The molecule has 0 bridgehead atoms. The maximum atomic E-state index is 9.39. The topological polar surface area (TPSA) is 58.3 Å². The zero-order chi connectivity index (χ0) is 13.8. The summed E-state index contributed by atoms with van der Waals surface area (Å²) in [4.78, 5) is 4.59. The van der Waals surface area contributed by atoms with Crippen LogP contribution in [0.15, 0.2) is 45.0 Å². The van der Waals surface area contributed by atoms with Crippen molar-refractivity contribution in [2.75, 3.05) is 6.61 Å². The highest BCUT2D eigenvalue weighted by atomic mass is 32.1. The van der Waals surface area contributed by atoms with Gasteiger partial charge in [0.2, 0.25) is 0 Å². The number of aromatic nitrogens is 1. The smallest absolute Gasteiger partial charge is 0.124 e. The number of aliphatic hydroxyl groups is 1. The van der Waals surface area contributed by atoms with Crippen LogP contribution >= 0.6 is 22.7 Å². The minimum Gasteiger partial charge on any atom is -0.468 e. The summed E-state index contributed by atoms with van der Waals surface area (Å²) in [7, 11) is 0. The van der Waals surface area contributed by atoms with Crippen LogP contribution in [0.5, 0.6) is 0 Å². The molecule has 3 aromatic heterocycles. The number of nitrogens with one attached hydrogen (secondary N) is 1. The summed E-state index contributed by atoms with van der Waals surface area (Å²) in [6, 6.07) is 5.54. The molecule has 0 saturated heterocycles. The fourth-order valence-corrected chi connectivity index (χ4v) is 3.41. The van der Waals surface area contributed by atoms with Crippen molar-refractivity contribution < 1.29 is 9.52 Å². The van der Waals surface area contributed by atoms with Gasteiger partial charge in [0.05, 0.1) is 24.6 Å². The molecule has 6 heteroatoms. The van der Waals surface area contributed by atoms with Gasteiger partial charge in [0.25, 0.3) is 0 Å². The maximum absolute atomic E-state index is 9.39. The van der Waals surface area contributed by atoms with Crippen molar-refractivity contribution in [2.24, 2.45) is 0 Å². The average Bonchev–Trinajstić information content (AvgIpc) is 3.22. The fourth-order valence-electron chi connectivity index (χ4n) is 1.88. The Morgan fingerprint density at radius 2 is 2.30 bits per heavy atom. The summed E-state index contributed by atoms with van der Waals surface area (Å²) < 4.78 is 5.30. The first-order chi connectivity index (χ1) is 9.86. The Kier molecular flexibility index (Phi) is 4.27. The first kappa shape index (κ1) is 13.5. The van der Waals surface area contributed by atoms with Crippen molar-refractivity contribution in [3.8, 4) is 10.6 Å². The third-order valence-electron chi connectivity index (χ3n) is 2.92. The van der Waals surface area contributed by atoms with Gasteiger partial charge in [-0.05, 0) is 23.6 Å². The second kappa shape index (κ2) is 6.32. The van der Waals surface area contributed by atoms with Crippen molar-refractivity contribution in [1.82, 2.24) is 10.3 Å². The van der Waals surface area contributed by atoms with Crippen LogP contribution in [-0.4, -0.2) is 16.7 Å². The molecule has 3 heterocycles. The average molecular weight is 306 g/mol. The Hall–Kier alpha value is -1.47. The highest BCUT2D eigenvalue weighted by molar-refractivity contribution is 7.14. The second-order valence-corrected chi connectivity index (χ2v) is 5.93. The molecule has 0 aliphatic heterocycles. The highest BCUT2D eigenvalue weighted by Crippen LogP contribution is 2.25. The van der Waals surface area contributed by atoms with Crippen molar-refractivity contribution in [3.63, 3.8) is 0 Å². The number of thiazole rings is 1. The molecular formula is C14H14N2O2S2. The summed E-state index contributed by atoms with van der Waals surface area (Å²) in [5.41, 5.74) is 2.14. The van der Waals surface area contributed by atoms with Crippen LogP contribution in [-0.2, 0) is 6.54 Å². The molecule has 0 spiro atoms. The van der Waals surface area contributed by atoms with Crippen LogP contribution in [0.25, 0.3) is 10.6 Å². The van der Waals surface area contributed by atoms with Crippen LogP contribution in [0.2, 0.25) is 0 Å². The van der Waals surface area contributed by atoms with Crippen molar-refractivity contribution >= 4 is 22.7 Å². The highest BCUT2D eigenvalue weighted by Gasteiger charge is 2.13. The third-order valence-corrected chi connectivity index (χ3v) is 4.54. The normalized spacial score (nSPS) is 12.7. The van der Waals surface area contributed by atoms with Gasteiger partial charge in [0.15, 0.2) is 0 Å². The van der Waals surface area contributed by atoms with E-state index in [1.54, 1.807) is 28.9 Å². The molecule has 0 saturated carbocycles. The van der Waals surface area contributed by atoms with E-state index in [2.05, 4.69) is 21.7 Å². The predicted octanol–water partition coefficient (Wildman–Crippen LogP) is 3.29. The van der Waals surface area contributed by atoms with E-state index in [1.807, 2.05) is 22.9 Å². The van der Waals surface area contributed by atoms with Crippen LogP contribution in [0.4, 0.5) is 0 Å². The molecule has 1 unspecified atom stereocenters. The minimum atomic E-state index is -0.198. The maximum Gasteiger partial charge on any atom is 0.124 e. The number of furan rings is 1. The van der Waals surface area contributed by atoms with Gasteiger partial charge >= 0.3 is 0 Å². The van der Waals surface area contributed by atoms with Gasteiger partial charge < -0.3 is 9.52 Å². The van der Waals surface area contributed by atoms with E-state index < -0.39 is 0 Å². The zero-order valence-electron chi connectivity index (χ0n) is 10.7. The molecule has 3 rings (SSSR count). The van der Waals surface area contributed by atoms with E-state index in [0.29, 0.717) is 6.54 Å². The first-order valence-electron chi connectivity index (χ1n) is 6.21. The quantitative estimate of drug-likeness (QED) is 0.734. The molecule has 4 nitrogen and oxygen atoms in total. The van der Waals surface area contributed by atoms with E-state index >= 15 is 0 Å². The standard InChI is InChI=1S/C14H14N2O2S2/c17-7-12(13-2-1-4-18-13)15-6-11-9-20-14(16-11)10-3-5-19-8-10/h1-5,8-9,12,15,17H,6-7H2. The van der Waals surface area contributed by atoms with Gasteiger partial charge in [0, 0.05) is 22.9 Å². The molecule has 3 aromatic rings. The Balaban J connectivity index is 1.64. The third kappa shape index (κ3) is 2.99. The van der Waals surface area contributed by atoms with Gasteiger partial charge in [-0.15, -0.1) is 11.3 Å². The Morgan fingerprint density at radius 3 is 3.00 bits per heavy atom. The number of aliphatic hydroxyl groups excluding tert-OH is 1. The molecule has 104 valence electrons. The van der Waals surface area contributed by atoms with E-state index in [0.717, 1.165) is 22.0 Å². The number of hydrogen-bond acceptors (Lipinski definition) is 6. The molecular weight excluding hydrogens is 292 g/mol. The lowest BCUT2D eigenvalue weighted by molar-refractivity contribution is 0.225. The van der Waals surface area contributed by atoms with Gasteiger partial charge in [0.1, 0.15) is 10.8 Å². The van der Waals surface area contributed by atoms with Gasteiger partial charge in [-0.25, -0.2) is 4.98 Å². The molecule has 0 aliphatic rings. The summed E-state index contributed by atoms with van der Waals surface area (Å²) >= 11 is 3.30. The van der Waals surface area contributed by atoms with E-state index in [1.165, 1.54) is 0 Å². The first-order valence-corrected chi connectivity index (χ1v) is 8.03. The summed E-state index contributed by atoms with van der Waals surface area (Å²) in [6.07, 6.45) is 1.61. The van der Waals surface area contributed by atoms with Crippen LogP contribution in [0.3, 0.4) is 0 Å². The summed E-state index contributed by atoms with van der Waals surface area (Å²) in [5.74, 6) is 0.737. The van der Waals surface area contributed by atoms with E-state index in [9.17, 15) is 5.11 Å². The van der Waals surface area contributed by atoms with Crippen LogP contribution in [0.1, 0.15) is 17.5 Å². The molecule has 0 fully saturated rings. The van der Waals surface area contributed by atoms with Gasteiger partial charge in [-0.2, -0.15) is 11.3 Å². The van der Waals surface area contributed by atoms with Crippen LogP contribution in [0, 0.1) is 0 Å². The SMILES string of the molecule is OCC(NCc1csc(-c2ccsc2)n1)c1ccco1. The van der Waals surface area contributed by atoms with Gasteiger partial charge in [-0.1, -0.05) is 0 Å². The van der Waals surface area contributed by atoms with Crippen LogP contribution < -0.4 is 5.32 Å². The molecule has 1 atom stereocenters. The lowest BCUT2D eigenvalue weighted by atomic mass is 10.2. The molecule has 20 heavy (non-hydrogen) atoms. The van der Waals surface area contributed by atoms with E-state index in [-0.39, 0.29) is 12.6 Å². The molecule has 0 amide bonds. The Morgan fingerprint density at radius 1 is 1.35 bits per heavy atom. The Bertz CT molecular complexity index is 632. The minimum absolute atomic E-state index is 0.00492.